The summed E-state index contributed by atoms with van der Waals surface area (Å²) in [5.74, 6) is -2.88. The Hall–Kier alpha value is -3.28. The van der Waals surface area contributed by atoms with Crippen LogP contribution >= 0.6 is 0 Å². The van der Waals surface area contributed by atoms with E-state index in [1.807, 2.05) is 0 Å². The monoisotopic (exact) mass is 418 g/mol. The lowest BCUT2D eigenvalue weighted by molar-refractivity contribution is -0.133. The minimum absolute atomic E-state index is 0.176. The number of carboxylic acid groups (broad SMARTS) is 2. The molecule has 0 aromatic heterocycles. The number of carboxylic acids is 2. The summed E-state index contributed by atoms with van der Waals surface area (Å²) in [6.07, 6.45) is 5.07. The van der Waals surface area contributed by atoms with E-state index in [2.05, 4.69) is 13.2 Å². The van der Waals surface area contributed by atoms with E-state index in [4.69, 9.17) is 37.0 Å². The second-order valence-corrected chi connectivity index (χ2v) is 5.04. The van der Waals surface area contributed by atoms with Crippen molar-refractivity contribution in [2.24, 2.45) is 11.5 Å². The van der Waals surface area contributed by atoms with E-state index >= 15 is 0 Å². The Morgan fingerprint density at radius 3 is 1.17 bits per heavy atom. The van der Waals surface area contributed by atoms with Crippen molar-refractivity contribution < 1.29 is 44.7 Å². The number of aliphatic hydroxyl groups excluding tert-OH is 3. The molecule has 0 bridgehead atoms. The van der Waals surface area contributed by atoms with Crippen molar-refractivity contribution in [2.45, 2.75) is 26.4 Å². The molecule has 0 rings (SSSR count). The number of amides is 2. The fourth-order valence-electron chi connectivity index (χ4n) is 0.505. The number of allylic oxidation sites excluding steroid dienone is 2. The zero-order valence-electron chi connectivity index (χ0n) is 16.4. The number of hydrogen-bond acceptors (Lipinski definition) is 7. The topological polar surface area (TPSA) is 221 Å². The summed E-state index contributed by atoms with van der Waals surface area (Å²) in [4.78, 5) is 39.4. The molecule has 11 heteroatoms. The molecule has 0 spiro atoms. The van der Waals surface area contributed by atoms with Crippen molar-refractivity contribution >= 4 is 23.8 Å². The van der Waals surface area contributed by atoms with Gasteiger partial charge in [0.2, 0.25) is 11.8 Å². The lowest BCUT2D eigenvalue weighted by Crippen LogP contribution is -2.15. The zero-order valence-corrected chi connectivity index (χ0v) is 16.4. The van der Waals surface area contributed by atoms with Gasteiger partial charge in [-0.3, -0.25) is 9.59 Å². The van der Waals surface area contributed by atoms with Gasteiger partial charge >= 0.3 is 11.9 Å². The van der Waals surface area contributed by atoms with Gasteiger partial charge in [0.05, 0.1) is 13.2 Å². The zero-order chi connectivity index (χ0) is 24.0. The SMILES string of the molecule is C=C(C)C(=O)O.C=C(C)C(=O)O.NC(=O)C=CCC=CC(N)=O.OCC(O)CO. The molecule has 0 heterocycles. The molecule has 0 aromatic rings. The van der Waals surface area contributed by atoms with Gasteiger partial charge in [-0.1, -0.05) is 25.3 Å². The molecule has 0 unspecified atom stereocenters. The number of hydrogen-bond donors (Lipinski definition) is 7. The first-order valence-electron chi connectivity index (χ1n) is 7.82. The van der Waals surface area contributed by atoms with E-state index in [0.717, 1.165) is 0 Å². The molecule has 0 saturated carbocycles. The van der Waals surface area contributed by atoms with Crippen molar-refractivity contribution in [3.05, 3.63) is 48.6 Å². The lowest BCUT2D eigenvalue weighted by atomic mass is 10.3. The van der Waals surface area contributed by atoms with Gasteiger partial charge in [-0.2, -0.15) is 0 Å². The molecule has 29 heavy (non-hydrogen) atoms. The van der Waals surface area contributed by atoms with Crippen LogP contribution in [0.5, 0.6) is 0 Å². The highest BCUT2D eigenvalue weighted by Crippen LogP contribution is 1.84. The summed E-state index contributed by atoms with van der Waals surface area (Å²) < 4.78 is 0. The largest absolute Gasteiger partial charge is 0.478 e. The van der Waals surface area contributed by atoms with Crippen LogP contribution in [0.15, 0.2) is 48.6 Å². The van der Waals surface area contributed by atoms with Gasteiger partial charge in [-0.25, -0.2) is 9.59 Å². The van der Waals surface area contributed by atoms with Crippen LogP contribution in [-0.4, -0.2) is 68.6 Å². The molecule has 0 saturated heterocycles. The molecule has 0 aliphatic carbocycles. The number of carbonyl (C=O) groups is 4. The Morgan fingerprint density at radius 1 is 0.828 bits per heavy atom. The molecule has 0 atom stereocenters. The number of rotatable bonds is 8. The van der Waals surface area contributed by atoms with Gasteiger partial charge in [0.15, 0.2) is 0 Å². The van der Waals surface area contributed by atoms with E-state index in [-0.39, 0.29) is 24.4 Å². The Morgan fingerprint density at radius 2 is 1.07 bits per heavy atom. The Kier molecular flexibility index (Phi) is 26.1. The van der Waals surface area contributed by atoms with Crippen LogP contribution in [0.25, 0.3) is 0 Å². The van der Waals surface area contributed by atoms with Crippen LogP contribution in [0.1, 0.15) is 20.3 Å². The standard InChI is InChI=1S/C7H10N2O2.2C4H6O2.C3H8O3/c8-6(10)4-2-1-3-5-7(9)11;2*1-3(2)4(5)6;4-1-3(6)2-5/h2-5H,1H2,(H2,8,10)(H2,9,11);2*1H2,2H3,(H,5,6);3-6H,1-2H2. The Balaban J connectivity index is -0.000000151. The fraction of sp³-hybridized carbons (Fsp3) is 0.333. The summed E-state index contributed by atoms with van der Waals surface area (Å²) in [5, 5.41) is 39.8. The van der Waals surface area contributed by atoms with E-state index in [9.17, 15) is 19.2 Å². The lowest BCUT2D eigenvalue weighted by Gasteiger charge is -1.96. The van der Waals surface area contributed by atoms with Crippen LogP contribution in [0.4, 0.5) is 0 Å². The molecular formula is C18H30N2O9. The van der Waals surface area contributed by atoms with Gasteiger partial charge in [0, 0.05) is 11.1 Å². The highest BCUT2D eigenvalue weighted by atomic mass is 16.4. The predicted molar refractivity (Wildman–Crippen MR) is 106 cm³/mol. The molecule has 0 radical (unpaired) electrons. The minimum atomic E-state index is -0.954. The van der Waals surface area contributed by atoms with Gasteiger partial charge in [0.1, 0.15) is 6.10 Å². The molecule has 0 fully saturated rings. The van der Waals surface area contributed by atoms with Crippen LogP contribution < -0.4 is 11.5 Å². The van der Waals surface area contributed by atoms with Gasteiger partial charge in [-0.05, 0) is 32.4 Å². The minimum Gasteiger partial charge on any atom is -0.478 e. The first-order valence-corrected chi connectivity index (χ1v) is 7.82. The van der Waals surface area contributed by atoms with Crippen molar-refractivity contribution in [1.29, 1.82) is 0 Å². The summed E-state index contributed by atoms with van der Waals surface area (Å²) in [5.41, 5.74) is 9.94. The fourth-order valence-corrected chi connectivity index (χ4v) is 0.505. The third kappa shape index (κ3) is 45.6. The molecule has 166 valence electrons. The maximum Gasteiger partial charge on any atom is 0.330 e. The molecule has 2 amide bonds. The first-order chi connectivity index (χ1) is 13.2. The molecule has 9 N–H and O–H groups in total. The molecule has 11 nitrogen and oxygen atoms in total. The van der Waals surface area contributed by atoms with Crippen molar-refractivity contribution in [2.75, 3.05) is 13.2 Å². The second-order valence-electron chi connectivity index (χ2n) is 5.04. The highest BCUT2D eigenvalue weighted by Gasteiger charge is 1.94. The van der Waals surface area contributed by atoms with Gasteiger partial charge in [-0.15, -0.1) is 0 Å². The summed E-state index contributed by atoms with van der Waals surface area (Å²) in [6.45, 7) is 8.47. The average Bonchev–Trinajstić information content (AvgIpc) is 2.61. The molecule has 0 aliphatic rings. The van der Waals surface area contributed by atoms with Gasteiger partial charge < -0.3 is 37.0 Å². The third-order valence-corrected chi connectivity index (χ3v) is 1.99. The van der Waals surface area contributed by atoms with Crippen LogP contribution in [0.3, 0.4) is 0 Å². The normalized spacial score (nSPS) is 9.31. The Labute approximate surface area is 168 Å². The number of carbonyl (C=O) groups excluding carboxylic acids is 2. The van der Waals surface area contributed by atoms with Crippen molar-refractivity contribution in [3.8, 4) is 0 Å². The molecule has 0 aliphatic heterocycles. The summed E-state index contributed by atoms with van der Waals surface area (Å²) in [7, 11) is 0. The highest BCUT2D eigenvalue weighted by molar-refractivity contribution is 5.86. The molecular weight excluding hydrogens is 388 g/mol. The third-order valence-electron chi connectivity index (χ3n) is 1.99. The number of nitrogens with two attached hydrogens (primary N) is 2. The van der Waals surface area contributed by atoms with Crippen molar-refractivity contribution in [3.63, 3.8) is 0 Å². The number of aliphatic carboxylic acids is 2. The van der Waals surface area contributed by atoms with E-state index in [0.29, 0.717) is 6.42 Å². The summed E-state index contributed by atoms with van der Waals surface area (Å²) in [6, 6.07) is 0. The van der Waals surface area contributed by atoms with Crippen LogP contribution in [0.2, 0.25) is 0 Å². The van der Waals surface area contributed by atoms with Crippen LogP contribution in [0, 0.1) is 0 Å². The summed E-state index contributed by atoms with van der Waals surface area (Å²) >= 11 is 0. The average molecular weight is 418 g/mol. The second kappa shape index (κ2) is 22.8. The van der Waals surface area contributed by atoms with Crippen LogP contribution in [-0.2, 0) is 19.2 Å². The van der Waals surface area contributed by atoms with Gasteiger partial charge in [0.25, 0.3) is 0 Å². The van der Waals surface area contributed by atoms with E-state index in [1.165, 1.54) is 26.0 Å². The van der Waals surface area contributed by atoms with E-state index < -0.39 is 29.9 Å². The van der Waals surface area contributed by atoms with Crippen molar-refractivity contribution in [1.82, 2.24) is 0 Å². The van der Waals surface area contributed by atoms with E-state index in [1.54, 1.807) is 12.2 Å². The molecule has 0 aromatic carbocycles. The first kappa shape index (κ1) is 33.3. The number of primary amides is 2. The predicted octanol–water partition coefficient (Wildman–Crippen LogP) is -0.914. The Bertz CT molecular complexity index is 522. The quantitative estimate of drug-likeness (QED) is 0.242. The maximum atomic E-state index is 10.1. The number of aliphatic hydroxyl groups is 3. The maximum absolute atomic E-state index is 10.1. The smallest absolute Gasteiger partial charge is 0.330 e.